The molecule has 0 saturated heterocycles. The first-order chi connectivity index (χ1) is 10.8. The third-order valence-electron chi connectivity index (χ3n) is 2.82. The summed E-state index contributed by atoms with van der Waals surface area (Å²) >= 11 is 5.94. The van der Waals surface area contributed by atoms with Gasteiger partial charge in [-0.1, -0.05) is 23.7 Å². The lowest BCUT2D eigenvalue weighted by Gasteiger charge is -2.07. The largest absolute Gasteiger partial charge is 0.363 e. The van der Waals surface area contributed by atoms with Crippen molar-refractivity contribution < 1.29 is 0 Å². The number of rotatable bonds is 5. The molecule has 0 unspecified atom stereocenters. The van der Waals surface area contributed by atoms with E-state index < -0.39 is 0 Å². The minimum absolute atomic E-state index is 0.397. The smallest absolute Gasteiger partial charge is 0.249 e. The van der Waals surface area contributed by atoms with Gasteiger partial charge in [-0.15, -0.1) is 5.10 Å². The Bertz CT molecular complexity index is 750. The molecule has 0 amide bonds. The molecule has 22 heavy (non-hydrogen) atoms. The SMILES string of the molecule is Clc1cccc(Nc2nncc(NCc3ccccn3)n2)c1. The van der Waals surface area contributed by atoms with Crippen molar-refractivity contribution in [2.24, 2.45) is 0 Å². The minimum atomic E-state index is 0.397. The number of hydrogen-bond acceptors (Lipinski definition) is 6. The Labute approximate surface area is 132 Å². The van der Waals surface area contributed by atoms with Gasteiger partial charge in [-0.05, 0) is 30.3 Å². The second-order valence-electron chi connectivity index (χ2n) is 4.48. The Morgan fingerprint density at radius 2 is 2.05 bits per heavy atom. The van der Waals surface area contributed by atoms with E-state index in [2.05, 4.69) is 30.8 Å². The topological polar surface area (TPSA) is 75.6 Å². The third kappa shape index (κ3) is 3.89. The van der Waals surface area contributed by atoms with Crippen molar-refractivity contribution in [2.45, 2.75) is 6.54 Å². The van der Waals surface area contributed by atoms with Crippen LogP contribution in [0.4, 0.5) is 17.5 Å². The van der Waals surface area contributed by atoms with Gasteiger partial charge in [-0.2, -0.15) is 10.1 Å². The predicted octanol–water partition coefficient (Wildman–Crippen LogP) is 3.28. The summed E-state index contributed by atoms with van der Waals surface area (Å²) < 4.78 is 0. The first kappa shape index (κ1) is 14.2. The molecule has 110 valence electrons. The van der Waals surface area contributed by atoms with Gasteiger partial charge in [0.05, 0.1) is 18.4 Å². The van der Waals surface area contributed by atoms with Gasteiger partial charge in [0.1, 0.15) is 0 Å². The van der Waals surface area contributed by atoms with Crippen LogP contribution in [0, 0.1) is 0 Å². The highest BCUT2D eigenvalue weighted by molar-refractivity contribution is 6.30. The van der Waals surface area contributed by atoms with Crippen LogP contribution in [0.3, 0.4) is 0 Å². The van der Waals surface area contributed by atoms with Crippen molar-refractivity contribution in [3.8, 4) is 0 Å². The molecule has 0 aliphatic rings. The summed E-state index contributed by atoms with van der Waals surface area (Å²) in [4.78, 5) is 8.58. The van der Waals surface area contributed by atoms with Crippen LogP contribution in [0.5, 0.6) is 0 Å². The molecule has 3 rings (SSSR count). The predicted molar refractivity (Wildman–Crippen MR) is 86.1 cm³/mol. The van der Waals surface area contributed by atoms with Gasteiger partial charge in [0.15, 0.2) is 5.82 Å². The monoisotopic (exact) mass is 312 g/mol. The molecule has 0 radical (unpaired) electrons. The minimum Gasteiger partial charge on any atom is -0.363 e. The fraction of sp³-hybridized carbons (Fsp3) is 0.0667. The fourth-order valence-electron chi connectivity index (χ4n) is 1.82. The molecular weight excluding hydrogens is 300 g/mol. The molecule has 0 atom stereocenters. The van der Waals surface area contributed by atoms with Gasteiger partial charge in [0.2, 0.25) is 5.95 Å². The van der Waals surface area contributed by atoms with E-state index in [0.717, 1.165) is 11.4 Å². The molecular formula is C15H13ClN6. The lowest BCUT2D eigenvalue weighted by atomic mass is 10.3. The van der Waals surface area contributed by atoms with E-state index in [0.29, 0.717) is 23.3 Å². The van der Waals surface area contributed by atoms with Crippen LogP contribution in [0.25, 0.3) is 0 Å². The van der Waals surface area contributed by atoms with E-state index >= 15 is 0 Å². The summed E-state index contributed by atoms with van der Waals surface area (Å²) in [5.41, 5.74) is 1.72. The number of aromatic nitrogens is 4. The number of nitrogens with zero attached hydrogens (tertiary/aromatic N) is 4. The average Bonchev–Trinajstić information content (AvgIpc) is 2.54. The highest BCUT2D eigenvalue weighted by Crippen LogP contribution is 2.18. The molecule has 6 nitrogen and oxygen atoms in total. The maximum Gasteiger partial charge on any atom is 0.249 e. The quantitative estimate of drug-likeness (QED) is 0.753. The summed E-state index contributed by atoms with van der Waals surface area (Å²) in [7, 11) is 0. The van der Waals surface area contributed by atoms with Crippen molar-refractivity contribution in [1.82, 2.24) is 20.2 Å². The number of hydrogen-bond donors (Lipinski definition) is 2. The van der Waals surface area contributed by atoms with Gasteiger partial charge < -0.3 is 10.6 Å². The van der Waals surface area contributed by atoms with E-state index in [1.165, 1.54) is 0 Å². The molecule has 0 aliphatic carbocycles. The van der Waals surface area contributed by atoms with Crippen LogP contribution >= 0.6 is 11.6 Å². The summed E-state index contributed by atoms with van der Waals surface area (Å²) in [6.07, 6.45) is 3.31. The zero-order chi connectivity index (χ0) is 15.2. The Kier molecular flexibility index (Phi) is 4.41. The van der Waals surface area contributed by atoms with E-state index in [1.54, 1.807) is 24.5 Å². The first-order valence-electron chi connectivity index (χ1n) is 6.66. The van der Waals surface area contributed by atoms with Gasteiger partial charge in [0, 0.05) is 16.9 Å². The molecule has 0 aliphatic heterocycles. The van der Waals surface area contributed by atoms with Crippen molar-refractivity contribution in [3.05, 3.63) is 65.6 Å². The van der Waals surface area contributed by atoms with Crippen molar-refractivity contribution >= 4 is 29.1 Å². The van der Waals surface area contributed by atoms with Crippen LogP contribution < -0.4 is 10.6 Å². The summed E-state index contributed by atoms with van der Waals surface area (Å²) in [6, 6.07) is 13.1. The van der Waals surface area contributed by atoms with E-state index in [4.69, 9.17) is 11.6 Å². The summed E-state index contributed by atoms with van der Waals surface area (Å²) in [5.74, 6) is 1.01. The highest BCUT2D eigenvalue weighted by atomic mass is 35.5. The second kappa shape index (κ2) is 6.82. The van der Waals surface area contributed by atoms with Crippen molar-refractivity contribution in [3.63, 3.8) is 0 Å². The average molecular weight is 313 g/mol. The fourth-order valence-corrected chi connectivity index (χ4v) is 2.01. The zero-order valence-electron chi connectivity index (χ0n) is 11.6. The Hall–Kier alpha value is -2.73. The number of nitrogens with one attached hydrogen (secondary N) is 2. The Morgan fingerprint density at radius 3 is 2.86 bits per heavy atom. The normalized spacial score (nSPS) is 10.2. The van der Waals surface area contributed by atoms with E-state index in [-0.39, 0.29) is 0 Å². The molecule has 0 spiro atoms. The molecule has 7 heteroatoms. The van der Waals surface area contributed by atoms with E-state index in [9.17, 15) is 0 Å². The number of halogens is 1. The number of pyridine rings is 1. The number of anilines is 3. The van der Waals surface area contributed by atoms with Crippen LogP contribution in [-0.4, -0.2) is 20.2 Å². The number of benzene rings is 1. The first-order valence-corrected chi connectivity index (χ1v) is 7.03. The van der Waals surface area contributed by atoms with Gasteiger partial charge >= 0.3 is 0 Å². The van der Waals surface area contributed by atoms with E-state index in [1.807, 2.05) is 30.3 Å². The lowest BCUT2D eigenvalue weighted by molar-refractivity contribution is 0.955. The molecule has 0 bridgehead atoms. The van der Waals surface area contributed by atoms with Gasteiger partial charge in [-0.3, -0.25) is 4.98 Å². The Morgan fingerprint density at radius 1 is 1.09 bits per heavy atom. The molecule has 0 saturated carbocycles. The molecule has 1 aromatic carbocycles. The van der Waals surface area contributed by atoms with Gasteiger partial charge in [0.25, 0.3) is 0 Å². The van der Waals surface area contributed by atoms with Crippen LogP contribution in [-0.2, 0) is 6.54 Å². The van der Waals surface area contributed by atoms with Crippen LogP contribution in [0.2, 0.25) is 5.02 Å². The lowest BCUT2D eigenvalue weighted by Crippen LogP contribution is -2.06. The van der Waals surface area contributed by atoms with Crippen molar-refractivity contribution in [2.75, 3.05) is 10.6 Å². The maximum atomic E-state index is 5.94. The summed E-state index contributed by atoms with van der Waals surface area (Å²) in [6.45, 7) is 0.566. The second-order valence-corrected chi connectivity index (χ2v) is 4.91. The molecule has 3 aromatic rings. The zero-order valence-corrected chi connectivity index (χ0v) is 12.3. The van der Waals surface area contributed by atoms with Crippen LogP contribution in [0.1, 0.15) is 5.69 Å². The van der Waals surface area contributed by atoms with Gasteiger partial charge in [-0.25, -0.2) is 0 Å². The summed E-state index contributed by atoms with van der Waals surface area (Å²) in [5, 5.41) is 14.7. The molecule has 2 aromatic heterocycles. The Balaban J connectivity index is 1.67. The maximum absolute atomic E-state index is 5.94. The highest BCUT2D eigenvalue weighted by Gasteiger charge is 2.02. The molecule has 2 N–H and O–H groups in total. The van der Waals surface area contributed by atoms with Crippen molar-refractivity contribution in [1.29, 1.82) is 0 Å². The van der Waals surface area contributed by atoms with Crippen LogP contribution in [0.15, 0.2) is 54.9 Å². The standard InChI is InChI=1S/C15H13ClN6/c16-11-4-3-6-12(8-11)20-15-21-14(10-19-22-15)18-9-13-5-1-2-7-17-13/h1-8,10H,9H2,(H2,18,20,21,22). The molecule has 0 fully saturated rings. The molecule has 2 heterocycles. The third-order valence-corrected chi connectivity index (χ3v) is 3.05.